The molecule has 1 aromatic rings. The third-order valence-corrected chi connectivity index (χ3v) is 2.62. The molecule has 0 amide bonds. The molecule has 0 aliphatic rings. The summed E-state index contributed by atoms with van der Waals surface area (Å²) in [6.07, 6.45) is 3.79. The molecule has 16 heavy (non-hydrogen) atoms. The smallest absolute Gasteiger partial charge is 0.0328 e. The minimum atomic E-state index is 0.779. The number of benzene rings is 1. The van der Waals surface area contributed by atoms with Crippen LogP contribution in [0.5, 0.6) is 0 Å². The normalized spacial score (nSPS) is 10.4. The summed E-state index contributed by atoms with van der Waals surface area (Å²) in [5.74, 6) is 0. The standard InChI is InChI=1S/C13H17BrN2/c1-3-5-16(6-4-2)10-11-7-12(14)9-13(15)8-11/h3-4,7-9H,1-2,5-6,10,15H2. The molecule has 1 aromatic carbocycles. The Hall–Kier alpha value is -1.06. The summed E-state index contributed by atoms with van der Waals surface area (Å²) in [5, 5.41) is 0. The second-order valence-corrected chi connectivity index (χ2v) is 4.58. The largest absolute Gasteiger partial charge is 0.399 e. The van der Waals surface area contributed by atoms with Crippen LogP contribution in [0.2, 0.25) is 0 Å². The van der Waals surface area contributed by atoms with Crippen LogP contribution in [-0.2, 0) is 6.54 Å². The van der Waals surface area contributed by atoms with E-state index in [1.807, 2.05) is 24.3 Å². The number of nitrogens with zero attached hydrogens (tertiary/aromatic N) is 1. The van der Waals surface area contributed by atoms with E-state index in [-0.39, 0.29) is 0 Å². The molecular formula is C13H17BrN2. The van der Waals surface area contributed by atoms with E-state index in [0.717, 1.165) is 29.8 Å². The fraction of sp³-hybridized carbons (Fsp3) is 0.231. The van der Waals surface area contributed by atoms with Gasteiger partial charge in [0.15, 0.2) is 0 Å². The van der Waals surface area contributed by atoms with Gasteiger partial charge in [-0.1, -0.05) is 28.1 Å². The number of halogens is 1. The number of hydrogen-bond acceptors (Lipinski definition) is 2. The summed E-state index contributed by atoms with van der Waals surface area (Å²) in [6, 6.07) is 5.97. The quantitative estimate of drug-likeness (QED) is 0.641. The molecule has 0 fully saturated rings. The Bertz CT molecular complexity index is 344. The van der Waals surface area contributed by atoms with Gasteiger partial charge in [-0.3, -0.25) is 4.90 Å². The van der Waals surface area contributed by atoms with Crippen LogP contribution in [0, 0.1) is 0 Å². The Morgan fingerprint density at radius 1 is 1.19 bits per heavy atom. The van der Waals surface area contributed by atoms with Crippen molar-refractivity contribution < 1.29 is 0 Å². The number of rotatable bonds is 6. The highest BCUT2D eigenvalue weighted by Crippen LogP contribution is 2.18. The van der Waals surface area contributed by atoms with Crippen molar-refractivity contribution in [2.24, 2.45) is 0 Å². The van der Waals surface area contributed by atoms with E-state index in [0.29, 0.717) is 0 Å². The van der Waals surface area contributed by atoms with Crippen LogP contribution < -0.4 is 5.73 Å². The lowest BCUT2D eigenvalue weighted by Gasteiger charge is -2.19. The molecule has 0 aliphatic carbocycles. The molecule has 3 heteroatoms. The molecule has 86 valence electrons. The van der Waals surface area contributed by atoms with Crippen molar-refractivity contribution >= 4 is 21.6 Å². The van der Waals surface area contributed by atoms with Gasteiger partial charge in [-0.15, -0.1) is 13.2 Å². The summed E-state index contributed by atoms with van der Waals surface area (Å²) in [7, 11) is 0. The second-order valence-electron chi connectivity index (χ2n) is 3.66. The maximum atomic E-state index is 5.79. The molecular weight excluding hydrogens is 264 g/mol. The van der Waals surface area contributed by atoms with E-state index in [4.69, 9.17) is 5.73 Å². The monoisotopic (exact) mass is 280 g/mol. The van der Waals surface area contributed by atoms with Crippen LogP contribution in [0.15, 0.2) is 48.0 Å². The van der Waals surface area contributed by atoms with Crippen molar-refractivity contribution in [2.75, 3.05) is 18.8 Å². The third kappa shape index (κ3) is 4.21. The zero-order valence-corrected chi connectivity index (χ0v) is 10.9. The highest BCUT2D eigenvalue weighted by Gasteiger charge is 2.03. The summed E-state index contributed by atoms with van der Waals surface area (Å²) < 4.78 is 1.01. The van der Waals surface area contributed by atoms with Crippen molar-refractivity contribution in [3.05, 3.63) is 53.5 Å². The third-order valence-electron chi connectivity index (χ3n) is 2.16. The molecule has 0 heterocycles. The summed E-state index contributed by atoms with van der Waals surface area (Å²) >= 11 is 3.44. The van der Waals surface area contributed by atoms with Crippen molar-refractivity contribution in [1.29, 1.82) is 0 Å². The maximum absolute atomic E-state index is 5.79. The minimum Gasteiger partial charge on any atom is -0.399 e. The average molecular weight is 281 g/mol. The second kappa shape index (κ2) is 6.51. The van der Waals surface area contributed by atoms with Crippen LogP contribution in [0.25, 0.3) is 0 Å². The van der Waals surface area contributed by atoms with Crippen molar-refractivity contribution in [1.82, 2.24) is 4.90 Å². The van der Waals surface area contributed by atoms with Gasteiger partial charge in [-0.2, -0.15) is 0 Å². The molecule has 2 nitrogen and oxygen atoms in total. The summed E-state index contributed by atoms with van der Waals surface area (Å²) in [6.45, 7) is 10.0. The van der Waals surface area contributed by atoms with Gasteiger partial charge in [0.05, 0.1) is 0 Å². The molecule has 0 aromatic heterocycles. The number of nitrogen functional groups attached to an aromatic ring is 1. The zero-order chi connectivity index (χ0) is 12.0. The van der Waals surface area contributed by atoms with Crippen LogP contribution in [0.4, 0.5) is 5.69 Å². The molecule has 0 spiro atoms. The molecule has 0 saturated heterocycles. The van der Waals surface area contributed by atoms with E-state index in [2.05, 4.69) is 40.1 Å². The van der Waals surface area contributed by atoms with Gasteiger partial charge in [-0.25, -0.2) is 0 Å². The molecule has 0 bridgehead atoms. The Morgan fingerprint density at radius 3 is 2.31 bits per heavy atom. The van der Waals surface area contributed by atoms with Crippen molar-refractivity contribution in [3.8, 4) is 0 Å². The topological polar surface area (TPSA) is 29.3 Å². The van der Waals surface area contributed by atoms with Crippen molar-refractivity contribution in [2.45, 2.75) is 6.54 Å². The SMILES string of the molecule is C=CCN(CC=C)Cc1cc(N)cc(Br)c1. The number of hydrogen-bond donors (Lipinski definition) is 1. The van der Waals surface area contributed by atoms with Gasteiger partial charge in [0, 0.05) is 29.8 Å². The van der Waals surface area contributed by atoms with E-state index >= 15 is 0 Å². The minimum absolute atomic E-state index is 0.779. The van der Waals surface area contributed by atoms with Gasteiger partial charge in [0.25, 0.3) is 0 Å². The fourth-order valence-electron chi connectivity index (χ4n) is 1.59. The fourth-order valence-corrected chi connectivity index (χ4v) is 2.15. The Labute approximate surface area is 106 Å². The number of nitrogens with two attached hydrogens (primary N) is 1. The first-order valence-electron chi connectivity index (χ1n) is 5.14. The molecule has 0 atom stereocenters. The molecule has 0 saturated carbocycles. The van der Waals surface area contributed by atoms with E-state index in [1.165, 1.54) is 5.56 Å². The van der Waals surface area contributed by atoms with Crippen LogP contribution in [0.1, 0.15) is 5.56 Å². The Morgan fingerprint density at radius 2 is 1.81 bits per heavy atom. The van der Waals surface area contributed by atoms with E-state index in [9.17, 15) is 0 Å². The summed E-state index contributed by atoms with van der Waals surface area (Å²) in [5.41, 5.74) is 7.76. The summed E-state index contributed by atoms with van der Waals surface area (Å²) in [4.78, 5) is 2.24. The Kier molecular flexibility index (Phi) is 5.29. The van der Waals surface area contributed by atoms with Crippen molar-refractivity contribution in [3.63, 3.8) is 0 Å². The first-order chi connectivity index (χ1) is 7.65. The van der Waals surface area contributed by atoms with Crippen LogP contribution in [0.3, 0.4) is 0 Å². The molecule has 0 aliphatic heterocycles. The van der Waals surface area contributed by atoms with E-state index in [1.54, 1.807) is 0 Å². The van der Waals surface area contributed by atoms with Gasteiger partial charge < -0.3 is 5.73 Å². The lowest BCUT2D eigenvalue weighted by atomic mass is 10.2. The Balaban J connectivity index is 2.75. The first-order valence-corrected chi connectivity index (χ1v) is 5.94. The van der Waals surface area contributed by atoms with Gasteiger partial charge in [0.1, 0.15) is 0 Å². The molecule has 1 rings (SSSR count). The predicted molar refractivity (Wildman–Crippen MR) is 74.2 cm³/mol. The van der Waals surface area contributed by atoms with Gasteiger partial charge >= 0.3 is 0 Å². The van der Waals surface area contributed by atoms with Crippen LogP contribution >= 0.6 is 15.9 Å². The first kappa shape index (κ1) is 13.0. The van der Waals surface area contributed by atoms with Gasteiger partial charge in [-0.05, 0) is 23.8 Å². The molecule has 0 unspecified atom stereocenters. The molecule has 2 N–H and O–H groups in total. The van der Waals surface area contributed by atoms with Gasteiger partial charge in [0.2, 0.25) is 0 Å². The highest BCUT2D eigenvalue weighted by molar-refractivity contribution is 9.10. The maximum Gasteiger partial charge on any atom is 0.0328 e. The van der Waals surface area contributed by atoms with E-state index < -0.39 is 0 Å². The number of anilines is 1. The zero-order valence-electron chi connectivity index (χ0n) is 9.32. The lowest BCUT2D eigenvalue weighted by Crippen LogP contribution is -2.23. The lowest BCUT2D eigenvalue weighted by molar-refractivity contribution is 0.328. The van der Waals surface area contributed by atoms with Crippen LogP contribution in [-0.4, -0.2) is 18.0 Å². The highest BCUT2D eigenvalue weighted by atomic mass is 79.9. The average Bonchev–Trinajstić information content (AvgIpc) is 2.16. The molecule has 0 radical (unpaired) electrons. The predicted octanol–water partition coefficient (Wildman–Crippen LogP) is 3.21.